The van der Waals surface area contributed by atoms with Gasteiger partial charge in [0.1, 0.15) is 12.4 Å². The van der Waals surface area contributed by atoms with Crippen molar-refractivity contribution in [1.29, 1.82) is 0 Å². The van der Waals surface area contributed by atoms with Crippen LogP contribution in [-0.2, 0) is 6.61 Å². The molecule has 0 bridgehead atoms. The molecule has 6 nitrogen and oxygen atoms in total. The molecule has 1 fully saturated rings. The molecule has 1 saturated heterocycles. The van der Waals surface area contributed by atoms with Crippen LogP contribution in [0.15, 0.2) is 66.7 Å². The highest BCUT2D eigenvalue weighted by Gasteiger charge is 2.27. The topological polar surface area (TPSA) is 52.2 Å². The van der Waals surface area contributed by atoms with Crippen molar-refractivity contribution >= 4 is 0 Å². The van der Waals surface area contributed by atoms with E-state index < -0.39 is 0 Å². The third-order valence-corrected chi connectivity index (χ3v) is 5.97. The molecule has 1 heterocycles. The van der Waals surface area contributed by atoms with E-state index >= 15 is 0 Å². The van der Waals surface area contributed by atoms with Crippen LogP contribution >= 0.6 is 0 Å². The number of nitrogens with one attached hydrogen (secondary N) is 1. The molecule has 0 saturated carbocycles. The summed E-state index contributed by atoms with van der Waals surface area (Å²) in [6.45, 7) is 4.26. The van der Waals surface area contributed by atoms with E-state index in [2.05, 4.69) is 34.5 Å². The minimum atomic E-state index is 0.0592. The molecule has 174 valence electrons. The number of piperazine rings is 1. The van der Waals surface area contributed by atoms with Gasteiger partial charge in [0.15, 0.2) is 11.5 Å². The van der Waals surface area contributed by atoms with Gasteiger partial charge in [-0.05, 0) is 41.0 Å². The maximum absolute atomic E-state index is 6.16. The lowest BCUT2D eigenvalue weighted by Gasteiger charge is -2.36. The molecule has 0 amide bonds. The zero-order valence-electron chi connectivity index (χ0n) is 19.5. The molecule has 1 unspecified atom stereocenters. The van der Waals surface area contributed by atoms with Gasteiger partial charge in [0.05, 0.1) is 27.4 Å². The maximum Gasteiger partial charge on any atom is 0.203 e. The van der Waals surface area contributed by atoms with Crippen LogP contribution in [-0.4, -0.2) is 52.4 Å². The van der Waals surface area contributed by atoms with Crippen molar-refractivity contribution in [3.8, 4) is 23.0 Å². The van der Waals surface area contributed by atoms with Crippen LogP contribution in [0.25, 0.3) is 0 Å². The summed E-state index contributed by atoms with van der Waals surface area (Å²) in [6.07, 6.45) is 0. The molecule has 1 aliphatic rings. The first kappa shape index (κ1) is 23.0. The first-order valence-electron chi connectivity index (χ1n) is 11.2. The lowest BCUT2D eigenvalue weighted by molar-refractivity contribution is 0.197. The predicted octanol–water partition coefficient (Wildman–Crippen LogP) is 4.29. The van der Waals surface area contributed by atoms with E-state index in [4.69, 9.17) is 18.9 Å². The average molecular weight is 449 g/mol. The minimum absolute atomic E-state index is 0.0592. The van der Waals surface area contributed by atoms with Gasteiger partial charge in [-0.15, -0.1) is 0 Å². The first-order chi connectivity index (χ1) is 16.2. The molecule has 4 rings (SSSR count). The first-order valence-corrected chi connectivity index (χ1v) is 11.2. The Labute approximate surface area is 196 Å². The molecule has 0 aromatic heterocycles. The van der Waals surface area contributed by atoms with Crippen molar-refractivity contribution in [3.05, 3.63) is 83.4 Å². The summed E-state index contributed by atoms with van der Waals surface area (Å²) >= 11 is 0. The van der Waals surface area contributed by atoms with Crippen molar-refractivity contribution < 1.29 is 18.9 Å². The number of hydrogen-bond acceptors (Lipinski definition) is 6. The van der Waals surface area contributed by atoms with Crippen molar-refractivity contribution in [2.45, 2.75) is 12.6 Å². The molecule has 33 heavy (non-hydrogen) atoms. The van der Waals surface area contributed by atoms with Gasteiger partial charge in [-0.2, -0.15) is 0 Å². The van der Waals surface area contributed by atoms with E-state index in [-0.39, 0.29) is 6.04 Å². The quantitative estimate of drug-likeness (QED) is 0.527. The number of ether oxygens (including phenoxy) is 4. The maximum atomic E-state index is 6.16. The van der Waals surface area contributed by atoms with Gasteiger partial charge in [-0.3, -0.25) is 4.90 Å². The standard InChI is InChI=1S/C27H32N2O4/c1-30-23-11-9-21(10-12-23)26(29-15-13-28-14-16-29)22-17-24(31-2)27(25(18-22)32-3)33-19-20-7-5-4-6-8-20/h4-12,17-18,26,28H,13-16,19H2,1-3H3. The Balaban J connectivity index is 1.71. The van der Waals surface area contributed by atoms with Gasteiger partial charge in [-0.25, -0.2) is 0 Å². The minimum Gasteiger partial charge on any atom is -0.497 e. The Morgan fingerprint density at radius 3 is 2.00 bits per heavy atom. The van der Waals surface area contributed by atoms with Crippen molar-refractivity contribution in [2.75, 3.05) is 47.5 Å². The van der Waals surface area contributed by atoms with E-state index in [0.29, 0.717) is 23.9 Å². The van der Waals surface area contributed by atoms with Crippen molar-refractivity contribution in [1.82, 2.24) is 10.2 Å². The van der Waals surface area contributed by atoms with Gasteiger partial charge < -0.3 is 24.3 Å². The Morgan fingerprint density at radius 2 is 1.42 bits per heavy atom. The summed E-state index contributed by atoms with van der Waals surface area (Å²) in [5.41, 5.74) is 3.38. The Morgan fingerprint density at radius 1 is 0.788 bits per heavy atom. The van der Waals surface area contributed by atoms with Gasteiger partial charge >= 0.3 is 0 Å². The fraction of sp³-hybridized carbons (Fsp3) is 0.333. The Kier molecular flexibility index (Phi) is 7.70. The van der Waals surface area contributed by atoms with Gasteiger partial charge in [-0.1, -0.05) is 42.5 Å². The fourth-order valence-corrected chi connectivity index (χ4v) is 4.27. The predicted molar refractivity (Wildman–Crippen MR) is 130 cm³/mol. The molecular weight excluding hydrogens is 416 g/mol. The average Bonchev–Trinajstić information content (AvgIpc) is 2.89. The third kappa shape index (κ3) is 5.41. The molecule has 6 heteroatoms. The monoisotopic (exact) mass is 448 g/mol. The van der Waals surface area contributed by atoms with E-state index in [1.165, 1.54) is 5.56 Å². The number of nitrogens with zero attached hydrogens (tertiary/aromatic N) is 1. The third-order valence-electron chi connectivity index (χ3n) is 5.97. The summed E-state index contributed by atoms with van der Waals surface area (Å²) < 4.78 is 23.1. The normalized spacial score (nSPS) is 15.0. The van der Waals surface area contributed by atoms with Crippen LogP contribution in [0.5, 0.6) is 23.0 Å². The molecule has 0 aliphatic carbocycles. The van der Waals surface area contributed by atoms with Crippen molar-refractivity contribution in [2.24, 2.45) is 0 Å². The van der Waals surface area contributed by atoms with Crippen LogP contribution in [0.3, 0.4) is 0 Å². The summed E-state index contributed by atoms with van der Waals surface area (Å²) in [7, 11) is 5.02. The summed E-state index contributed by atoms with van der Waals surface area (Å²) in [6, 6.07) is 22.6. The second-order valence-electron chi connectivity index (χ2n) is 7.99. The van der Waals surface area contributed by atoms with Crippen LogP contribution in [0.2, 0.25) is 0 Å². The SMILES string of the molecule is COc1ccc(C(c2cc(OC)c(OCc3ccccc3)c(OC)c2)N2CCNCC2)cc1. The number of rotatable bonds is 9. The van der Waals surface area contributed by atoms with Crippen LogP contribution in [0, 0.1) is 0 Å². The molecule has 0 spiro atoms. The van der Waals surface area contributed by atoms with Gasteiger partial charge in [0, 0.05) is 26.2 Å². The molecule has 3 aromatic carbocycles. The van der Waals surface area contributed by atoms with Crippen LogP contribution < -0.4 is 24.3 Å². The molecule has 1 N–H and O–H groups in total. The smallest absolute Gasteiger partial charge is 0.203 e. The fourth-order valence-electron chi connectivity index (χ4n) is 4.27. The number of methoxy groups -OCH3 is 3. The molecule has 0 radical (unpaired) electrons. The lowest BCUT2D eigenvalue weighted by atomic mass is 9.95. The number of hydrogen-bond donors (Lipinski definition) is 1. The van der Waals surface area contributed by atoms with Crippen molar-refractivity contribution in [3.63, 3.8) is 0 Å². The zero-order chi connectivity index (χ0) is 23.0. The highest BCUT2D eigenvalue weighted by Crippen LogP contribution is 2.43. The summed E-state index contributed by atoms with van der Waals surface area (Å²) in [5, 5.41) is 3.45. The zero-order valence-corrected chi connectivity index (χ0v) is 19.5. The molecule has 3 aromatic rings. The van der Waals surface area contributed by atoms with E-state index in [9.17, 15) is 0 Å². The number of benzene rings is 3. The lowest BCUT2D eigenvalue weighted by Crippen LogP contribution is -2.45. The van der Waals surface area contributed by atoms with Crippen LogP contribution in [0.1, 0.15) is 22.7 Å². The highest BCUT2D eigenvalue weighted by atomic mass is 16.5. The highest BCUT2D eigenvalue weighted by molar-refractivity contribution is 5.55. The van der Waals surface area contributed by atoms with Gasteiger partial charge in [0.2, 0.25) is 5.75 Å². The molecule has 1 atom stereocenters. The Bertz CT molecular complexity index is 993. The van der Waals surface area contributed by atoms with E-state index in [1.807, 2.05) is 42.5 Å². The summed E-state index contributed by atoms with van der Waals surface area (Å²) in [4.78, 5) is 2.48. The largest absolute Gasteiger partial charge is 0.497 e. The molecular formula is C27H32N2O4. The van der Waals surface area contributed by atoms with Crippen LogP contribution in [0.4, 0.5) is 0 Å². The Hall–Kier alpha value is -3.22. The molecule has 1 aliphatic heterocycles. The van der Waals surface area contributed by atoms with Gasteiger partial charge in [0.25, 0.3) is 0 Å². The summed E-state index contributed by atoms with van der Waals surface area (Å²) in [5.74, 6) is 2.78. The van der Waals surface area contributed by atoms with E-state index in [0.717, 1.165) is 43.1 Å². The second-order valence-corrected chi connectivity index (χ2v) is 7.99. The van der Waals surface area contributed by atoms with E-state index in [1.54, 1.807) is 21.3 Å². The second kappa shape index (κ2) is 11.1.